The lowest BCUT2D eigenvalue weighted by atomic mass is 9.88. The highest BCUT2D eigenvalue weighted by Crippen LogP contribution is 2.45. The van der Waals surface area contributed by atoms with E-state index in [1.807, 2.05) is 13.1 Å². The van der Waals surface area contributed by atoms with Gasteiger partial charge in [-0.25, -0.2) is 9.59 Å². The lowest BCUT2D eigenvalue weighted by Gasteiger charge is -2.40. The van der Waals surface area contributed by atoms with Crippen LogP contribution >= 0.6 is 0 Å². The molecule has 0 aromatic carbocycles. The summed E-state index contributed by atoms with van der Waals surface area (Å²) in [6, 6.07) is 0. The first-order chi connectivity index (χ1) is 13.5. The first-order valence-electron chi connectivity index (χ1n) is 9.66. The summed E-state index contributed by atoms with van der Waals surface area (Å²) in [5.41, 5.74) is -2.54. The Bertz CT molecular complexity index is 831. The van der Waals surface area contributed by atoms with Crippen molar-refractivity contribution >= 4 is 17.9 Å². The van der Waals surface area contributed by atoms with E-state index in [0.29, 0.717) is 25.1 Å². The van der Waals surface area contributed by atoms with E-state index in [9.17, 15) is 19.5 Å². The summed E-state index contributed by atoms with van der Waals surface area (Å²) in [4.78, 5) is 37.4. The average Bonchev–Trinajstić information content (AvgIpc) is 3.04. The van der Waals surface area contributed by atoms with E-state index < -0.39 is 41.3 Å². The first-order valence-corrected chi connectivity index (χ1v) is 9.66. The fourth-order valence-corrected chi connectivity index (χ4v) is 4.42. The highest BCUT2D eigenvalue weighted by molar-refractivity contribution is 5.92. The molecule has 0 aromatic heterocycles. The molecule has 8 heteroatoms. The van der Waals surface area contributed by atoms with Crippen LogP contribution in [0.25, 0.3) is 0 Å². The van der Waals surface area contributed by atoms with Crippen molar-refractivity contribution in [3.05, 3.63) is 36.0 Å². The third kappa shape index (κ3) is 3.20. The van der Waals surface area contributed by atoms with Gasteiger partial charge in [-0.3, -0.25) is 9.28 Å². The quantitative estimate of drug-likeness (QED) is 0.316. The minimum Gasteiger partial charge on any atom is -0.458 e. The summed E-state index contributed by atoms with van der Waals surface area (Å²) in [6.07, 6.45) is 4.32. The topological polar surface area (TPSA) is 99.1 Å². The van der Waals surface area contributed by atoms with Crippen LogP contribution in [0.4, 0.5) is 0 Å². The Labute approximate surface area is 170 Å². The Kier molecular flexibility index (Phi) is 5.21. The largest absolute Gasteiger partial charge is 0.458 e. The number of esters is 3. The second-order valence-electron chi connectivity index (χ2n) is 8.33. The Hall–Kier alpha value is -2.45. The van der Waals surface area contributed by atoms with Crippen molar-refractivity contribution in [1.29, 1.82) is 0 Å². The zero-order chi connectivity index (χ0) is 21.6. The maximum atomic E-state index is 12.9. The van der Waals surface area contributed by atoms with Crippen LogP contribution < -0.4 is 0 Å². The molecule has 0 saturated carbocycles. The van der Waals surface area contributed by atoms with Crippen molar-refractivity contribution in [3.63, 3.8) is 0 Å². The summed E-state index contributed by atoms with van der Waals surface area (Å²) in [5.74, 6) is -2.75. The molecule has 0 aromatic rings. The van der Waals surface area contributed by atoms with Crippen molar-refractivity contribution in [2.75, 3.05) is 26.7 Å². The number of nitrogens with zero attached hydrogens (tertiary/aromatic N) is 1. The molecule has 0 spiro atoms. The second kappa shape index (κ2) is 7.11. The zero-order valence-electron chi connectivity index (χ0n) is 17.3. The third-order valence-corrected chi connectivity index (χ3v) is 6.49. The van der Waals surface area contributed by atoms with Gasteiger partial charge in [0.2, 0.25) is 5.60 Å². The molecule has 0 aliphatic carbocycles. The van der Waals surface area contributed by atoms with Crippen LogP contribution in [-0.4, -0.2) is 71.7 Å². The Morgan fingerprint density at radius 1 is 1.45 bits per heavy atom. The minimum absolute atomic E-state index is 0.123. The van der Waals surface area contributed by atoms with E-state index >= 15 is 0 Å². The van der Waals surface area contributed by atoms with Gasteiger partial charge in [0.15, 0.2) is 6.10 Å². The molecule has 2 unspecified atom stereocenters. The molecule has 0 radical (unpaired) electrons. The normalized spacial score (nSPS) is 41.6. The molecule has 3 aliphatic rings. The number of carbonyl (C=O) groups excluding carboxylic acids is 3. The molecule has 3 aliphatic heterocycles. The number of ether oxygens (including phenoxy) is 3. The van der Waals surface area contributed by atoms with E-state index in [1.54, 1.807) is 6.92 Å². The SMILES string of the molecule is C=C/C1=C/[C@@H](C)[C@@](C)(OC(C)=O)C(=O)OCC2=CC[N+]3(C)CC[C@@H](OC1=O)C23O. The predicted molar refractivity (Wildman–Crippen MR) is 102 cm³/mol. The van der Waals surface area contributed by atoms with Gasteiger partial charge in [-0.1, -0.05) is 25.7 Å². The van der Waals surface area contributed by atoms with Crippen LogP contribution in [0.5, 0.6) is 0 Å². The van der Waals surface area contributed by atoms with E-state index in [4.69, 9.17) is 14.2 Å². The van der Waals surface area contributed by atoms with Crippen LogP contribution in [0.2, 0.25) is 0 Å². The van der Waals surface area contributed by atoms with Crippen LogP contribution in [0.3, 0.4) is 0 Å². The maximum absolute atomic E-state index is 12.9. The molecule has 0 bridgehead atoms. The molecule has 3 heterocycles. The molecular weight excluding hydrogens is 378 g/mol. The van der Waals surface area contributed by atoms with Crippen molar-refractivity contribution in [3.8, 4) is 0 Å². The summed E-state index contributed by atoms with van der Waals surface area (Å²) in [5, 5.41) is 11.5. The summed E-state index contributed by atoms with van der Waals surface area (Å²) >= 11 is 0. The van der Waals surface area contributed by atoms with Gasteiger partial charge in [0.05, 0.1) is 24.7 Å². The van der Waals surface area contributed by atoms with Crippen molar-refractivity contribution in [2.24, 2.45) is 5.92 Å². The van der Waals surface area contributed by atoms with Gasteiger partial charge in [0.25, 0.3) is 5.72 Å². The number of hydrogen-bond acceptors (Lipinski definition) is 7. The molecule has 1 N–H and O–H groups in total. The lowest BCUT2D eigenvalue weighted by molar-refractivity contribution is -0.955. The van der Waals surface area contributed by atoms with E-state index in [0.717, 1.165) is 0 Å². The van der Waals surface area contributed by atoms with Crippen LogP contribution in [-0.2, 0) is 28.6 Å². The number of likely N-dealkylation sites (N-methyl/N-ethyl adjacent to an activating group) is 1. The second-order valence-corrected chi connectivity index (χ2v) is 8.33. The summed E-state index contributed by atoms with van der Waals surface area (Å²) in [6.45, 7) is 8.88. The number of carbonyl (C=O) groups is 3. The molecule has 29 heavy (non-hydrogen) atoms. The Balaban J connectivity index is 2.08. The van der Waals surface area contributed by atoms with Gasteiger partial charge in [-0.15, -0.1) is 0 Å². The molecule has 3 rings (SSSR count). The van der Waals surface area contributed by atoms with Crippen molar-refractivity contribution in [1.82, 2.24) is 0 Å². The molecule has 158 valence electrons. The fraction of sp³-hybridized carbons (Fsp3) is 0.571. The summed E-state index contributed by atoms with van der Waals surface area (Å²) < 4.78 is 16.8. The van der Waals surface area contributed by atoms with Crippen LogP contribution in [0.1, 0.15) is 27.2 Å². The molecule has 1 fully saturated rings. The highest BCUT2D eigenvalue weighted by Gasteiger charge is 2.65. The molecule has 8 nitrogen and oxygen atoms in total. The van der Waals surface area contributed by atoms with Crippen molar-refractivity contribution in [2.45, 2.75) is 44.6 Å². The Morgan fingerprint density at radius 3 is 2.76 bits per heavy atom. The van der Waals surface area contributed by atoms with Gasteiger partial charge in [0.1, 0.15) is 13.2 Å². The predicted octanol–water partition coefficient (Wildman–Crippen LogP) is 1.00. The van der Waals surface area contributed by atoms with Gasteiger partial charge >= 0.3 is 17.9 Å². The van der Waals surface area contributed by atoms with Crippen LogP contribution in [0.15, 0.2) is 36.0 Å². The van der Waals surface area contributed by atoms with Crippen LogP contribution in [0, 0.1) is 5.92 Å². The number of hydrogen-bond donors (Lipinski definition) is 1. The molecule has 5 atom stereocenters. The average molecular weight is 406 g/mol. The fourth-order valence-electron chi connectivity index (χ4n) is 4.42. The number of aliphatic hydroxyl groups is 1. The smallest absolute Gasteiger partial charge is 0.351 e. The highest BCUT2D eigenvalue weighted by atomic mass is 16.6. The lowest BCUT2D eigenvalue weighted by Crippen LogP contribution is -2.61. The first kappa shape index (κ1) is 21.3. The minimum atomic E-state index is -1.66. The van der Waals surface area contributed by atoms with E-state index in [1.165, 1.54) is 26.0 Å². The standard InChI is InChI=1S/C21H28NO7/c1-6-15-11-13(2)20(4,29-14(3)23)19(25)27-12-16-7-9-22(5)10-8-17(21(16,22)26)28-18(15)24/h6-7,11,13,17,26H,1,8-10,12H2,2-5H3/q+1/b15-11-/t13-,17-,20-,21?,22?/m1/s1. The van der Waals surface area contributed by atoms with E-state index in [-0.39, 0.29) is 16.7 Å². The number of rotatable bonds is 2. The summed E-state index contributed by atoms with van der Waals surface area (Å²) in [7, 11) is 1.88. The third-order valence-electron chi connectivity index (χ3n) is 6.49. The molecule has 0 amide bonds. The Morgan fingerprint density at radius 2 is 2.14 bits per heavy atom. The monoisotopic (exact) mass is 406 g/mol. The maximum Gasteiger partial charge on any atom is 0.351 e. The van der Waals surface area contributed by atoms with Gasteiger partial charge in [-0.05, 0) is 13.0 Å². The van der Waals surface area contributed by atoms with E-state index in [2.05, 4.69) is 6.58 Å². The van der Waals surface area contributed by atoms with Gasteiger partial charge < -0.3 is 19.3 Å². The van der Waals surface area contributed by atoms with Crippen molar-refractivity contribution < 1.29 is 38.2 Å². The number of cyclic esters (lactones) is 1. The zero-order valence-corrected chi connectivity index (χ0v) is 17.3. The molecule has 1 saturated heterocycles. The van der Waals surface area contributed by atoms with Gasteiger partial charge in [0, 0.05) is 19.3 Å². The number of quaternary nitrogens is 1. The molecular formula is C21H28NO7+. The van der Waals surface area contributed by atoms with Gasteiger partial charge in [-0.2, -0.15) is 0 Å².